The van der Waals surface area contributed by atoms with Gasteiger partial charge in [-0.25, -0.2) is 0 Å². The second-order valence-electron chi connectivity index (χ2n) is 13.4. The molecule has 0 N–H and O–H groups in total. The number of fused-ring (bicyclic) bond motifs is 9. The number of nitrogens with zero attached hydrogens (tertiary/aromatic N) is 2. The molecule has 1 unspecified atom stereocenters. The van der Waals surface area contributed by atoms with Crippen LogP contribution < -0.4 is 0 Å². The van der Waals surface area contributed by atoms with Crippen LogP contribution in [0.3, 0.4) is 0 Å². The van der Waals surface area contributed by atoms with E-state index in [1.54, 1.807) is 0 Å². The Labute approximate surface area is 247 Å². The standard InChI is InChI=1S/C38H40N2O2/c1-23-24(2)38-36(32-20-26-10-12-30(40-15-7-4-8-16-40)18-28(26)22-34(32)42-38)35-31-19-25-9-11-29(39-13-5-3-6-14-39)17-27(25)21-33(31)41-37(23)35/h9,11,18-22,29H,3-8,10,12-17H2,1-2H3. The Bertz CT molecular complexity index is 1960. The van der Waals surface area contributed by atoms with Gasteiger partial charge in [-0.15, -0.1) is 0 Å². The summed E-state index contributed by atoms with van der Waals surface area (Å²) in [4.78, 5) is 5.29. The summed E-state index contributed by atoms with van der Waals surface area (Å²) in [6.45, 7) is 9.24. The van der Waals surface area contributed by atoms with Crippen molar-refractivity contribution in [3.8, 4) is 0 Å². The zero-order chi connectivity index (χ0) is 27.9. The lowest BCUT2D eigenvalue weighted by Gasteiger charge is -2.34. The maximum Gasteiger partial charge on any atom is 0.139 e. The molecule has 42 heavy (non-hydrogen) atoms. The number of allylic oxidation sites excluding steroid dienone is 1. The smallest absolute Gasteiger partial charge is 0.139 e. The molecule has 0 spiro atoms. The van der Waals surface area contributed by atoms with Gasteiger partial charge in [-0.05, 0) is 142 Å². The van der Waals surface area contributed by atoms with E-state index in [2.05, 4.69) is 66.1 Å². The van der Waals surface area contributed by atoms with Crippen LogP contribution in [0.4, 0.5) is 0 Å². The lowest BCUT2D eigenvalue weighted by atomic mass is 9.89. The molecule has 0 amide bonds. The third-order valence-corrected chi connectivity index (χ3v) is 10.9. The highest BCUT2D eigenvalue weighted by atomic mass is 16.3. The number of piperidine rings is 2. The van der Waals surface area contributed by atoms with Crippen molar-refractivity contribution in [2.45, 2.75) is 77.7 Å². The molecular formula is C38H40N2O2. The van der Waals surface area contributed by atoms with E-state index in [1.165, 1.54) is 125 Å². The van der Waals surface area contributed by atoms with Gasteiger partial charge in [0.05, 0.1) is 0 Å². The summed E-state index contributed by atoms with van der Waals surface area (Å²) in [5.74, 6) is 0. The Kier molecular flexibility index (Phi) is 5.67. The van der Waals surface area contributed by atoms with Crippen LogP contribution in [0.5, 0.6) is 0 Å². The van der Waals surface area contributed by atoms with Gasteiger partial charge in [0.2, 0.25) is 0 Å². The van der Waals surface area contributed by atoms with Gasteiger partial charge in [0, 0.05) is 46.4 Å². The Hall–Kier alpha value is -3.50. The summed E-state index contributed by atoms with van der Waals surface area (Å²) in [6.07, 6.45) is 18.6. The maximum atomic E-state index is 6.74. The third-order valence-electron chi connectivity index (χ3n) is 10.9. The molecule has 4 aliphatic rings. The van der Waals surface area contributed by atoms with Gasteiger partial charge >= 0.3 is 0 Å². The van der Waals surface area contributed by atoms with Gasteiger partial charge in [-0.2, -0.15) is 0 Å². The quantitative estimate of drug-likeness (QED) is 0.217. The first-order valence-electron chi connectivity index (χ1n) is 16.4. The summed E-state index contributed by atoms with van der Waals surface area (Å²) in [5, 5.41) is 4.89. The molecule has 2 aromatic heterocycles. The predicted molar refractivity (Wildman–Crippen MR) is 174 cm³/mol. The van der Waals surface area contributed by atoms with Crippen molar-refractivity contribution in [2.75, 3.05) is 26.2 Å². The van der Waals surface area contributed by atoms with E-state index in [0.717, 1.165) is 41.6 Å². The van der Waals surface area contributed by atoms with Gasteiger partial charge < -0.3 is 13.7 Å². The molecule has 2 saturated heterocycles. The van der Waals surface area contributed by atoms with Crippen molar-refractivity contribution in [2.24, 2.45) is 0 Å². The molecule has 4 nitrogen and oxygen atoms in total. The second-order valence-corrected chi connectivity index (χ2v) is 13.4. The monoisotopic (exact) mass is 556 g/mol. The van der Waals surface area contributed by atoms with E-state index in [4.69, 9.17) is 8.83 Å². The number of likely N-dealkylation sites (tertiary alicyclic amines) is 2. The first kappa shape index (κ1) is 25.0. The van der Waals surface area contributed by atoms with Crippen molar-refractivity contribution < 1.29 is 8.83 Å². The molecule has 2 fully saturated rings. The molecular weight excluding hydrogens is 516 g/mol. The molecule has 9 rings (SSSR count). The fourth-order valence-electron chi connectivity index (χ4n) is 8.41. The molecule has 2 aliphatic carbocycles. The number of hydrogen-bond acceptors (Lipinski definition) is 4. The summed E-state index contributed by atoms with van der Waals surface area (Å²) < 4.78 is 13.5. The third kappa shape index (κ3) is 3.77. The fourth-order valence-corrected chi connectivity index (χ4v) is 8.41. The molecule has 3 aromatic carbocycles. The molecule has 214 valence electrons. The summed E-state index contributed by atoms with van der Waals surface area (Å²) in [5.41, 5.74) is 13.4. The summed E-state index contributed by atoms with van der Waals surface area (Å²) in [7, 11) is 0. The largest absolute Gasteiger partial charge is 0.456 e. The lowest BCUT2D eigenvalue weighted by molar-refractivity contribution is 0.189. The van der Waals surface area contributed by atoms with Gasteiger partial charge in [-0.3, -0.25) is 4.90 Å². The Morgan fingerprint density at radius 1 is 0.667 bits per heavy atom. The van der Waals surface area contributed by atoms with Crippen LogP contribution in [0.1, 0.15) is 78.3 Å². The molecule has 1 atom stereocenters. The maximum absolute atomic E-state index is 6.74. The van der Waals surface area contributed by atoms with E-state index in [1.807, 2.05) is 0 Å². The molecule has 2 aliphatic heterocycles. The molecule has 4 heteroatoms. The topological polar surface area (TPSA) is 32.8 Å². The zero-order valence-electron chi connectivity index (χ0n) is 25.0. The Morgan fingerprint density at radius 2 is 1.33 bits per heavy atom. The van der Waals surface area contributed by atoms with Crippen molar-refractivity contribution >= 4 is 56.0 Å². The van der Waals surface area contributed by atoms with Crippen molar-refractivity contribution in [1.82, 2.24) is 9.80 Å². The molecule has 0 saturated carbocycles. The summed E-state index contributed by atoms with van der Waals surface area (Å²) >= 11 is 0. The normalized spacial score (nSPS) is 21.4. The lowest BCUT2D eigenvalue weighted by Crippen LogP contribution is -2.40. The van der Waals surface area contributed by atoms with E-state index >= 15 is 0 Å². The van der Waals surface area contributed by atoms with E-state index in [0.29, 0.717) is 6.04 Å². The predicted octanol–water partition coefficient (Wildman–Crippen LogP) is 9.30. The van der Waals surface area contributed by atoms with Gasteiger partial charge in [-0.1, -0.05) is 18.6 Å². The van der Waals surface area contributed by atoms with Gasteiger partial charge in [0.15, 0.2) is 0 Å². The first-order valence-corrected chi connectivity index (χ1v) is 16.4. The molecule has 5 aromatic rings. The molecule has 0 bridgehead atoms. The number of aryl methyl sites for hydroxylation is 3. The second kappa shape index (κ2) is 9.50. The first-order chi connectivity index (χ1) is 20.6. The van der Waals surface area contributed by atoms with E-state index in [9.17, 15) is 0 Å². The van der Waals surface area contributed by atoms with Crippen LogP contribution >= 0.6 is 0 Å². The Morgan fingerprint density at radius 3 is 2.07 bits per heavy atom. The summed E-state index contributed by atoms with van der Waals surface area (Å²) in [6, 6.07) is 9.96. The number of benzene rings is 3. The minimum atomic E-state index is 0.504. The SMILES string of the molecule is Cc1c(C)c2oc3cc4c(cc3c2c2c1oc1cc3c(cc12)C=CC(N1CCCCC1)C3)CCC(N1CCCCC1)=C4. The number of rotatable bonds is 2. The average molecular weight is 557 g/mol. The highest BCUT2D eigenvalue weighted by Crippen LogP contribution is 2.45. The van der Waals surface area contributed by atoms with Crippen LogP contribution in [0, 0.1) is 13.8 Å². The highest BCUT2D eigenvalue weighted by molar-refractivity contribution is 6.27. The van der Waals surface area contributed by atoms with E-state index < -0.39 is 0 Å². The van der Waals surface area contributed by atoms with Crippen LogP contribution in [0.25, 0.3) is 56.0 Å². The minimum absolute atomic E-state index is 0.504. The molecule has 0 radical (unpaired) electrons. The number of hydrogen-bond donors (Lipinski definition) is 0. The van der Waals surface area contributed by atoms with Crippen LogP contribution in [0.2, 0.25) is 0 Å². The van der Waals surface area contributed by atoms with E-state index in [-0.39, 0.29) is 0 Å². The van der Waals surface area contributed by atoms with Crippen molar-refractivity contribution in [3.63, 3.8) is 0 Å². The van der Waals surface area contributed by atoms with Crippen molar-refractivity contribution in [3.05, 3.63) is 69.4 Å². The fraction of sp³-hybridized carbons (Fsp3) is 0.421. The van der Waals surface area contributed by atoms with Crippen LogP contribution in [-0.2, 0) is 12.8 Å². The van der Waals surface area contributed by atoms with Crippen LogP contribution in [-0.4, -0.2) is 42.0 Å². The molecule has 4 heterocycles. The van der Waals surface area contributed by atoms with Gasteiger partial charge in [0.25, 0.3) is 0 Å². The highest BCUT2D eigenvalue weighted by Gasteiger charge is 2.27. The zero-order valence-corrected chi connectivity index (χ0v) is 25.0. The van der Waals surface area contributed by atoms with Crippen molar-refractivity contribution in [1.29, 1.82) is 0 Å². The Balaban J connectivity index is 1.21. The van der Waals surface area contributed by atoms with Crippen LogP contribution in [0.15, 0.2) is 44.9 Å². The minimum Gasteiger partial charge on any atom is -0.456 e. The number of furan rings is 2. The van der Waals surface area contributed by atoms with Gasteiger partial charge in [0.1, 0.15) is 22.3 Å². The average Bonchev–Trinajstić information content (AvgIpc) is 3.59.